The molecule has 0 bridgehead atoms. The Labute approximate surface area is 138 Å². The highest BCUT2D eigenvalue weighted by atomic mass is 19.4. The number of hydrogen-bond donors (Lipinski definition) is 8. The van der Waals surface area contributed by atoms with E-state index in [2.05, 4.69) is 19.9 Å². The molecule has 0 amide bonds. The van der Waals surface area contributed by atoms with Crippen LogP contribution in [-0.2, 0) is 9.59 Å². The van der Waals surface area contributed by atoms with E-state index in [-0.39, 0.29) is 0 Å². The summed E-state index contributed by atoms with van der Waals surface area (Å²) >= 11 is 0. The molecule has 16 heteroatoms. The number of carboxylic acid groups (broad SMARTS) is 2. The van der Waals surface area contributed by atoms with E-state index in [0.29, 0.717) is 11.2 Å². The maximum atomic E-state index is 10.6. The Balaban J connectivity index is 0. The Morgan fingerprint density at radius 2 is 0.846 bits per heavy atom. The minimum Gasteiger partial charge on any atom is -0.475 e. The van der Waals surface area contributed by atoms with Gasteiger partial charge in [-0.25, -0.2) is 9.59 Å². The van der Waals surface area contributed by atoms with Gasteiger partial charge in [0.2, 0.25) is 0 Å². The zero-order valence-electron chi connectivity index (χ0n) is 12.3. The molecule has 0 aliphatic carbocycles. The van der Waals surface area contributed by atoms with Crippen LogP contribution >= 0.6 is 0 Å². The lowest BCUT2D eigenvalue weighted by molar-refractivity contribution is -0.193. The Kier molecular flexibility index (Phi) is 10.6. The Morgan fingerprint density at radius 1 is 0.692 bits per heavy atom. The van der Waals surface area contributed by atoms with E-state index in [1.54, 1.807) is 24.8 Å². The summed E-state index contributed by atoms with van der Waals surface area (Å²) in [6.07, 6.45) is -3.49. The molecule has 0 atom stereocenters. The normalized spacial score (nSPS) is 10.1. The van der Waals surface area contributed by atoms with Gasteiger partial charge in [-0.1, -0.05) is 0 Å². The number of carbonyl (C=O) groups is 2. The third kappa shape index (κ3) is 15.4. The summed E-state index contributed by atoms with van der Waals surface area (Å²) in [6, 6.07) is 0. The second kappa shape index (κ2) is 11.2. The number of halogens is 6. The molecule has 0 spiro atoms. The van der Waals surface area contributed by atoms with Crippen LogP contribution in [0, 0.1) is 10.8 Å². The Hall–Kier alpha value is -3.46. The maximum absolute atomic E-state index is 10.6. The minimum absolute atomic E-state index is 0.343. The molecule has 8 N–H and O–H groups in total. The number of hydrogen-bond acceptors (Lipinski definition) is 4. The van der Waals surface area contributed by atoms with Gasteiger partial charge in [0.25, 0.3) is 0 Å². The average Bonchev–Trinajstić information content (AvgIpc) is 3.12. The van der Waals surface area contributed by atoms with Gasteiger partial charge in [0.05, 0.1) is 0 Å². The summed E-state index contributed by atoms with van der Waals surface area (Å²) in [4.78, 5) is 28.2. The number of aromatic nitrogens is 4. The van der Waals surface area contributed by atoms with Crippen molar-refractivity contribution in [2.24, 2.45) is 0 Å². The van der Waals surface area contributed by atoms with Gasteiger partial charge >= 0.3 is 24.3 Å². The van der Waals surface area contributed by atoms with Crippen molar-refractivity contribution >= 4 is 11.9 Å². The molecule has 26 heavy (non-hydrogen) atoms. The van der Waals surface area contributed by atoms with Crippen LogP contribution in [0.25, 0.3) is 0 Å². The van der Waals surface area contributed by atoms with E-state index in [1.165, 1.54) is 0 Å². The first-order valence-corrected chi connectivity index (χ1v) is 5.81. The van der Waals surface area contributed by atoms with E-state index in [1.807, 2.05) is 0 Å². The molecule has 0 aliphatic heterocycles. The van der Waals surface area contributed by atoms with Gasteiger partial charge in [0, 0.05) is 24.8 Å². The predicted molar refractivity (Wildman–Crippen MR) is 69.4 cm³/mol. The third-order valence-electron chi connectivity index (χ3n) is 1.56. The van der Waals surface area contributed by atoms with Crippen LogP contribution in [-0.4, -0.2) is 54.4 Å². The van der Waals surface area contributed by atoms with Crippen molar-refractivity contribution in [2.75, 3.05) is 0 Å². The van der Waals surface area contributed by atoms with Crippen molar-refractivity contribution in [3.63, 3.8) is 0 Å². The van der Waals surface area contributed by atoms with E-state index >= 15 is 0 Å². The van der Waals surface area contributed by atoms with Crippen LogP contribution in [0.3, 0.4) is 0 Å². The smallest absolute Gasteiger partial charge is 0.475 e. The maximum Gasteiger partial charge on any atom is 0.490 e. The highest BCUT2D eigenvalue weighted by molar-refractivity contribution is 5.73. The largest absolute Gasteiger partial charge is 0.490 e. The molecule has 0 fully saturated rings. The first-order valence-electron chi connectivity index (χ1n) is 5.81. The topological polar surface area (TPSA) is 185 Å². The molecule has 0 aliphatic rings. The number of aliphatic carboxylic acids is 2. The van der Waals surface area contributed by atoms with Gasteiger partial charge in [0.15, 0.2) is 11.2 Å². The van der Waals surface area contributed by atoms with Crippen LogP contribution < -0.4 is 11.2 Å². The highest BCUT2D eigenvalue weighted by Gasteiger charge is 2.38. The lowest BCUT2D eigenvalue weighted by Gasteiger charge is -1.93. The van der Waals surface area contributed by atoms with Gasteiger partial charge in [0.1, 0.15) is 0 Å². The first-order chi connectivity index (χ1) is 11.7. The summed E-state index contributed by atoms with van der Waals surface area (Å²) in [5.41, 5.74) is 0.685. The monoisotopic (exact) mass is 394 g/mol. The van der Waals surface area contributed by atoms with Crippen molar-refractivity contribution in [3.05, 3.63) is 36.0 Å². The van der Waals surface area contributed by atoms with Gasteiger partial charge in [-0.2, -0.15) is 26.3 Å². The molecular formula is C10H12F6N6O4. The van der Waals surface area contributed by atoms with E-state index < -0.39 is 24.3 Å². The van der Waals surface area contributed by atoms with E-state index in [0.717, 1.165) is 0 Å². The zero-order valence-corrected chi connectivity index (χ0v) is 12.3. The van der Waals surface area contributed by atoms with Crippen molar-refractivity contribution in [1.82, 2.24) is 19.9 Å². The molecule has 148 valence electrons. The fourth-order valence-electron chi connectivity index (χ4n) is 0.583. The van der Waals surface area contributed by atoms with Gasteiger partial charge in [-0.15, -0.1) is 0 Å². The first kappa shape index (κ1) is 24.8. The van der Waals surface area contributed by atoms with Crippen LogP contribution in [0.1, 0.15) is 0 Å². The number of aromatic amines is 4. The molecule has 0 saturated carbocycles. The molecule has 0 aromatic carbocycles. The molecule has 2 rings (SSSR count). The predicted octanol–water partition coefficient (Wildman–Crippen LogP) is 0.911. The van der Waals surface area contributed by atoms with Crippen LogP contribution in [0.15, 0.2) is 24.8 Å². The summed E-state index contributed by atoms with van der Waals surface area (Å²) in [5.74, 6) is -5.51. The van der Waals surface area contributed by atoms with Gasteiger partial charge in [-0.3, -0.25) is 10.8 Å². The quantitative estimate of drug-likeness (QED) is 0.309. The summed E-state index contributed by atoms with van der Waals surface area (Å²) in [5, 5.41) is 27.8. The number of alkyl halides is 6. The van der Waals surface area contributed by atoms with Crippen molar-refractivity contribution in [3.8, 4) is 0 Å². The van der Waals surface area contributed by atoms with Gasteiger partial charge in [-0.05, 0) is 0 Å². The summed E-state index contributed by atoms with van der Waals surface area (Å²) in [6.45, 7) is 0. The summed E-state index contributed by atoms with van der Waals surface area (Å²) < 4.78 is 63.5. The minimum atomic E-state index is -5.08. The number of carboxylic acids is 2. The Morgan fingerprint density at radius 3 is 0.885 bits per heavy atom. The second-order valence-electron chi connectivity index (χ2n) is 3.60. The van der Waals surface area contributed by atoms with Crippen LogP contribution in [0.5, 0.6) is 0 Å². The Bertz CT molecular complexity index is 657. The molecular weight excluding hydrogens is 382 g/mol. The van der Waals surface area contributed by atoms with Crippen LogP contribution in [0.2, 0.25) is 0 Å². The molecule has 2 aromatic rings. The van der Waals surface area contributed by atoms with Crippen molar-refractivity contribution in [2.45, 2.75) is 12.4 Å². The SMILES string of the molecule is N=c1[nH]cc[nH]1.N=c1[nH]cc[nH]1.O=C(O)C(F)(F)F.O=C(O)C(F)(F)F. The molecule has 2 heterocycles. The highest BCUT2D eigenvalue weighted by Crippen LogP contribution is 2.13. The molecule has 0 saturated heterocycles. The number of rotatable bonds is 0. The van der Waals surface area contributed by atoms with Crippen molar-refractivity contribution in [1.29, 1.82) is 10.8 Å². The van der Waals surface area contributed by atoms with E-state index in [9.17, 15) is 26.3 Å². The fourth-order valence-corrected chi connectivity index (χ4v) is 0.583. The number of nitrogens with one attached hydrogen (secondary N) is 6. The average molecular weight is 394 g/mol. The molecule has 10 nitrogen and oxygen atoms in total. The van der Waals surface area contributed by atoms with Crippen LogP contribution in [0.4, 0.5) is 26.3 Å². The second-order valence-corrected chi connectivity index (χ2v) is 3.60. The third-order valence-corrected chi connectivity index (χ3v) is 1.56. The number of imidazole rings is 2. The fraction of sp³-hybridized carbons (Fsp3) is 0.200. The lowest BCUT2D eigenvalue weighted by Crippen LogP contribution is -2.21. The zero-order chi connectivity index (χ0) is 21.0. The molecule has 0 unspecified atom stereocenters. The standard InChI is InChI=1S/2C3H5N3.2C2HF3O2/c2*4-3-5-1-2-6-3;2*3-2(4,5)1(6)7/h2*1-2H,(H3,4,5,6);2*(H,6,7). The lowest BCUT2D eigenvalue weighted by atomic mass is 10.7. The van der Waals surface area contributed by atoms with Crippen molar-refractivity contribution < 1.29 is 46.1 Å². The molecule has 2 aromatic heterocycles. The van der Waals surface area contributed by atoms with Gasteiger partial charge < -0.3 is 30.1 Å². The summed E-state index contributed by atoms with van der Waals surface area (Å²) in [7, 11) is 0. The van der Waals surface area contributed by atoms with E-state index in [4.69, 9.17) is 30.6 Å². The molecule has 0 radical (unpaired) electrons. The number of H-pyrrole nitrogens is 4.